The first-order valence-electron chi connectivity index (χ1n) is 5.63. The number of sulfonamides is 1. The third kappa shape index (κ3) is 3.62. The molecule has 0 heterocycles. The van der Waals surface area contributed by atoms with Gasteiger partial charge in [0, 0.05) is 0 Å². The maximum atomic E-state index is 11.8. The molecular formula is C13H13N3O2S. The molecule has 0 aliphatic heterocycles. The second-order valence-corrected chi connectivity index (χ2v) is 5.53. The Labute approximate surface area is 112 Å². The van der Waals surface area contributed by atoms with Crippen molar-refractivity contribution >= 4 is 15.7 Å². The highest BCUT2D eigenvalue weighted by Crippen LogP contribution is 2.14. The maximum absolute atomic E-state index is 11.8. The molecule has 0 saturated carbocycles. The largest absolute Gasteiger partial charge is 0.301 e. The van der Waals surface area contributed by atoms with Crippen molar-refractivity contribution in [1.29, 1.82) is 0 Å². The topological polar surface area (TPSA) is 70.9 Å². The Morgan fingerprint density at radius 1 is 0.947 bits per heavy atom. The Kier molecular flexibility index (Phi) is 3.91. The van der Waals surface area contributed by atoms with Gasteiger partial charge in [0.25, 0.3) is 0 Å². The lowest BCUT2D eigenvalue weighted by Gasteiger charge is -1.99. The SMILES string of the molecule is Cc1ccc(S(=O)(=O)N=NNc2ccccc2)cc1. The summed E-state index contributed by atoms with van der Waals surface area (Å²) in [5, 5.41) is 3.50. The minimum Gasteiger partial charge on any atom is -0.259 e. The van der Waals surface area contributed by atoms with E-state index in [0.717, 1.165) is 5.56 Å². The van der Waals surface area contributed by atoms with Gasteiger partial charge in [0.1, 0.15) is 0 Å². The van der Waals surface area contributed by atoms with Crippen molar-refractivity contribution in [3.63, 3.8) is 0 Å². The molecular weight excluding hydrogens is 262 g/mol. The molecule has 0 atom stereocenters. The second-order valence-electron chi connectivity index (χ2n) is 3.95. The average Bonchev–Trinajstić information content (AvgIpc) is 2.40. The molecule has 6 heteroatoms. The van der Waals surface area contributed by atoms with Gasteiger partial charge in [-0.05, 0) is 35.7 Å². The quantitative estimate of drug-likeness (QED) is 0.688. The minimum absolute atomic E-state index is 0.122. The van der Waals surface area contributed by atoms with Gasteiger partial charge >= 0.3 is 10.0 Å². The van der Waals surface area contributed by atoms with Crippen molar-refractivity contribution < 1.29 is 8.42 Å². The van der Waals surface area contributed by atoms with Crippen LogP contribution in [0.2, 0.25) is 0 Å². The van der Waals surface area contributed by atoms with E-state index < -0.39 is 10.0 Å². The number of rotatable bonds is 4. The van der Waals surface area contributed by atoms with Gasteiger partial charge in [-0.15, -0.1) is 0 Å². The van der Waals surface area contributed by atoms with E-state index in [2.05, 4.69) is 15.2 Å². The molecule has 2 aromatic rings. The van der Waals surface area contributed by atoms with Crippen LogP contribution in [0.4, 0.5) is 5.69 Å². The zero-order valence-corrected chi connectivity index (χ0v) is 11.1. The van der Waals surface area contributed by atoms with Crippen LogP contribution in [0.3, 0.4) is 0 Å². The summed E-state index contributed by atoms with van der Waals surface area (Å²) in [5.41, 5.74) is 4.22. The van der Waals surface area contributed by atoms with Gasteiger partial charge in [-0.25, -0.2) is 0 Å². The van der Waals surface area contributed by atoms with Crippen LogP contribution in [0.5, 0.6) is 0 Å². The van der Waals surface area contributed by atoms with Crippen LogP contribution in [-0.4, -0.2) is 8.42 Å². The van der Waals surface area contributed by atoms with E-state index in [0.29, 0.717) is 5.69 Å². The molecule has 0 aromatic heterocycles. The molecule has 0 bridgehead atoms. The minimum atomic E-state index is -3.75. The highest BCUT2D eigenvalue weighted by molar-refractivity contribution is 7.90. The standard InChI is InChI=1S/C13H13N3O2S/c1-11-7-9-13(10-8-11)19(17,18)16-15-14-12-5-3-2-4-6-12/h2-10H,1H3,(H,14,16). The maximum Gasteiger partial charge on any atom is 0.301 e. The van der Waals surface area contributed by atoms with Gasteiger partial charge in [-0.1, -0.05) is 41.1 Å². The van der Waals surface area contributed by atoms with Gasteiger partial charge in [0.15, 0.2) is 0 Å². The highest BCUT2D eigenvalue weighted by Gasteiger charge is 2.11. The average molecular weight is 275 g/mol. The number of hydrogen-bond donors (Lipinski definition) is 1. The summed E-state index contributed by atoms with van der Waals surface area (Å²) in [6.07, 6.45) is 0. The molecule has 0 fully saturated rings. The molecule has 0 aliphatic carbocycles. The van der Waals surface area contributed by atoms with Crippen LogP contribution < -0.4 is 5.43 Å². The van der Waals surface area contributed by atoms with Crippen LogP contribution in [0.25, 0.3) is 0 Å². The predicted molar refractivity (Wildman–Crippen MR) is 73.3 cm³/mol. The fourth-order valence-electron chi connectivity index (χ4n) is 1.40. The Morgan fingerprint density at radius 3 is 2.21 bits per heavy atom. The van der Waals surface area contributed by atoms with Crippen molar-refractivity contribution in [2.75, 3.05) is 5.43 Å². The van der Waals surface area contributed by atoms with E-state index in [4.69, 9.17) is 0 Å². The van der Waals surface area contributed by atoms with Crippen LogP contribution >= 0.6 is 0 Å². The lowest BCUT2D eigenvalue weighted by molar-refractivity contribution is 0.595. The van der Waals surface area contributed by atoms with Crippen molar-refractivity contribution in [2.24, 2.45) is 9.74 Å². The van der Waals surface area contributed by atoms with Crippen molar-refractivity contribution in [2.45, 2.75) is 11.8 Å². The summed E-state index contributed by atoms with van der Waals surface area (Å²) in [6, 6.07) is 15.4. The molecule has 1 N–H and O–H groups in total. The number of aryl methyl sites for hydroxylation is 1. The summed E-state index contributed by atoms with van der Waals surface area (Å²) in [4.78, 5) is 0.122. The summed E-state index contributed by atoms with van der Waals surface area (Å²) in [6.45, 7) is 1.88. The summed E-state index contributed by atoms with van der Waals surface area (Å²) >= 11 is 0. The molecule has 0 amide bonds. The molecule has 2 aromatic carbocycles. The first-order valence-corrected chi connectivity index (χ1v) is 7.07. The molecule has 5 nitrogen and oxygen atoms in total. The van der Waals surface area contributed by atoms with E-state index in [1.54, 1.807) is 24.3 Å². The van der Waals surface area contributed by atoms with Crippen molar-refractivity contribution in [3.05, 3.63) is 60.2 Å². The van der Waals surface area contributed by atoms with E-state index >= 15 is 0 Å². The van der Waals surface area contributed by atoms with Crippen molar-refractivity contribution in [1.82, 2.24) is 0 Å². The van der Waals surface area contributed by atoms with E-state index in [-0.39, 0.29) is 4.90 Å². The summed E-state index contributed by atoms with van der Waals surface area (Å²) < 4.78 is 27.0. The first-order chi connectivity index (χ1) is 9.08. The fraction of sp³-hybridized carbons (Fsp3) is 0.0769. The number of hydrogen-bond acceptors (Lipinski definition) is 3. The highest BCUT2D eigenvalue weighted by atomic mass is 32.2. The molecule has 0 spiro atoms. The number of benzene rings is 2. The van der Waals surface area contributed by atoms with Crippen molar-refractivity contribution in [3.8, 4) is 0 Å². The first kappa shape index (κ1) is 13.2. The molecule has 2 rings (SSSR count). The van der Waals surface area contributed by atoms with Crippen LogP contribution in [0.15, 0.2) is 69.2 Å². The van der Waals surface area contributed by atoms with E-state index in [9.17, 15) is 8.42 Å². The predicted octanol–water partition coefficient (Wildman–Crippen LogP) is 3.16. The monoisotopic (exact) mass is 275 g/mol. The van der Waals surface area contributed by atoms with Gasteiger partial charge < -0.3 is 0 Å². The Balaban J connectivity index is 2.11. The lowest BCUT2D eigenvalue weighted by atomic mass is 10.2. The Hall–Kier alpha value is -2.21. The summed E-state index contributed by atoms with van der Waals surface area (Å²) in [5.74, 6) is 0. The number of para-hydroxylation sites is 1. The zero-order chi connectivity index (χ0) is 13.7. The van der Waals surface area contributed by atoms with Crippen LogP contribution in [-0.2, 0) is 10.0 Å². The van der Waals surface area contributed by atoms with E-state index in [1.807, 2.05) is 25.1 Å². The molecule has 98 valence electrons. The number of nitrogens with zero attached hydrogens (tertiary/aromatic N) is 2. The summed E-state index contributed by atoms with van der Waals surface area (Å²) in [7, 11) is -3.75. The molecule has 19 heavy (non-hydrogen) atoms. The van der Waals surface area contributed by atoms with Gasteiger partial charge in [-0.2, -0.15) is 8.42 Å². The number of nitrogens with one attached hydrogen (secondary N) is 1. The van der Waals surface area contributed by atoms with Crippen LogP contribution in [0.1, 0.15) is 5.56 Å². The third-order valence-corrected chi connectivity index (χ3v) is 3.58. The number of anilines is 1. The normalized spacial score (nSPS) is 11.6. The lowest BCUT2D eigenvalue weighted by Crippen LogP contribution is -1.97. The van der Waals surface area contributed by atoms with Gasteiger partial charge in [-0.3, -0.25) is 5.43 Å². The second kappa shape index (κ2) is 5.62. The zero-order valence-electron chi connectivity index (χ0n) is 10.3. The molecule has 0 saturated heterocycles. The molecule has 0 unspecified atom stereocenters. The smallest absolute Gasteiger partial charge is 0.259 e. The Bertz CT molecular complexity index is 665. The molecule has 0 radical (unpaired) electrons. The van der Waals surface area contributed by atoms with Crippen LogP contribution in [0, 0.1) is 6.92 Å². The van der Waals surface area contributed by atoms with Gasteiger partial charge in [0.05, 0.1) is 10.6 Å². The third-order valence-electron chi connectivity index (χ3n) is 2.42. The fourth-order valence-corrected chi connectivity index (χ4v) is 2.12. The van der Waals surface area contributed by atoms with E-state index in [1.165, 1.54) is 12.1 Å². The van der Waals surface area contributed by atoms with Gasteiger partial charge in [0.2, 0.25) is 0 Å². The molecule has 0 aliphatic rings. The Morgan fingerprint density at radius 2 is 1.58 bits per heavy atom.